The fourth-order valence-corrected chi connectivity index (χ4v) is 2.90. The van der Waals surface area contributed by atoms with Crippen molar-refractivity contribution in [3.05, 3.63) is 71.0 Å². The molecule has 28 heavy (non-hydrogen) atoms. The Bertz CT molecular complexity index is 1110. The van der Waals surface area contributed by atoms with E-state index >= 15 is 0 Å². The molecule has 0 bridgehead atoms. The van der Waals surface area contributed by atoms with Crippen molar-refractivity contribution in [2.24, 2.45) is 0 Å². The quantitative estimate of drug-likeness (QED) is 0.504. The van der Waals surface area contributed by atoms with Crippen molar-refractivity contribution in [3.63, 3.8) is 0 Å². The lowest BCUT2D eigenvalue weighted by atomic mass is 10.2. The van der Waals surface area contributed by atoms with Crippen LogP contribution in [0.2, 0.25) is 5.02 Å². The maximum atomic E-state index is 13.9. The van der Waals surface area contributed by atoms with Crippen LogP contribution in [0.3, 0.4) is 0 Å². The highest BCUT2D eigenvalue weighted by Gasteiger charge is 2.40. The van der Waals surface area contributed by atoms with Crippen LogP contribution < -0.4 is 0 Å². The molecule has 0 radical (unpaired) electrons. The normalized spacial score (nSPS) is 11.8. The van der Waals surface area contributed by atoms with Gasteiger partial charge in [-0.05, 0) is 53.7 Å². The molecule has 0 N–H and O–H groups in total. The number of tetrazole rings is 1. The summed E-state index contributed by atoms with van der Waals surface area (Å²) in [6, 6.07) is 13.0. The van der Waals surface area contributed by atoms with Gasteiger partial charge in [-0.3, -0.25) is 0 Å². The maximum Gasteiger partial charge on any atom is 0.434 e. The van der Waals surface area contributed by atoms with E-state index in [9.17, 15) is 13.2 Å². The smallest absolute Gasteiger partial charge is 0.228 e. The van der Waals surface area contributed by atoms with E-state index in [4.69, 9.17) is 11.6 Å². The summed E-state index contributed by atoms with van der Waals surface area (Å²) in [4.78, 5) is 0. The summed E-state index contributed by atoms with van der Waals surface area (Å²) < 4.78 is 43.8. The first kappa shape index (κ1) is 18.2. The van der Waals surface area contributed by atoms with E-state index in [0.717, 1.165) is 16.4 Å². The van der Waals surface area contributed by atoms with Crippen LogP contribution in [0, 0.1) is 6.92 Å². The van der Waals surface area contributed by atoms with Gasteiger partial charge in [-0.15, -0.1) is 5.10 Å². The van der Waals surface area contributed by atoms with Crippen molar-refractivity contribution in [2.45, 2.75) is 13.1 Å². The van der Waals surface area contributed by atoms with Gasteiger partial charge in [0.05, 0.1) is 23.1 Å². The van der Waals surface area contributed by atoms with Gasteiger partial charge >= 0.3 is 6.18 Å². The van der Waals surface area contributed by atoms with Crippen LogP contribution in [0.5, 0.6) is 0 Å². The monoisotopic (exact) mass is 404 g/mol. The van der Waals surface area contributed by atoms with E-state index in [1.807, 2.05) is 19.1 Å². The Morgan fingerprint density at radius 1 is 0.893 bits per heavy atom. The third kappa shape index (κ3) is 3.24. The predicted molar refractivity (Wildman–Crippen MR) is 96.5 cm³/mol. The second-order valence-electron chi connectivity index (χ2n) is 6.04. The zero-order chi connectivity index (χ0) is 19.9. The standard InChI is InChI=1S/C18H12ClF3N6/c1-11-2-6-14(7-3-11)28-17(24-25-26-28)15-10-23-27(16(15)18(20,21)22)13-8-4-12(19)5-9-13/h2-10H,1H3. The average Bonchev–Trinajstić information content (AvgIpc) is 3.29. The van der Waals surface area contributed by atoms with Crippen LogP contribution in [0.1, 0.15) is 11.3 Å². The number of benzene rings is 2. The number of nitrogens with zero attached hydrogens (tertiary/aromatic N) is 6. The van der Waals surface area contributed by atoms with Crippen molar-refractivity contribution in [1.82, 2.24) is 30.0 Å². The third-order valence-corrected chi connectivity index (χ3v) is 4.35. The lowest BCUT2D eigenvalue weighted by molar-refractivity contribution is -0.142. The van der Waals surface area contributed by atoms with Crippen molar-refractivity contribution in [1.29, 1.82) is 0 Å². The van der Waals surface area contributed by atoms with Crippen molar-refractivity contribution >= 4 is 11.6 Å². The summed E-state index contributed by atoms with van der Waals surface area (Å²) in [5.74, 6) is -0.0589. The number of aryl methyl sites for hydroxylation is 1. The van der Waals surface area contributed by atoms with Crippen LogP contribution in [0.15, 0.2) is 54.7 Å². The minimum atomic E-state index is -4.68. The van der Waals surface area contributed by atoms with Gasteiger partial charge in [0.2, 0.25) is 0 Å². The number of aromatic nitrogens is 6. The molecule has 0 saturated carbocycles. The Kier molecular flexibility index (Phi) is 4.38. The Morgan fingerprint density at radius 3 is 2.14 bits per heavy atom. The molecular weight excluding hydrogens is 393 g/mol. The van der Waals surface area contributed by atoms with Crippen molar-refractivity contribution < 1.29 is 13.2 Å². The summed E-state index contributed by atoms with van der Waals surface area (Å²) >= 11 is 5.83. The highest BCUT2D eigenvalue weighted by Crippen LogP contribution is 2.38. The van der Waals surface area contributed by atoms with Crippen LogP contribution in [0.25, 0.3) is 22.8 Å². The number of rotatable bonds is 3. The van der Waals surface area contributed by atoms with E-state index in [1.54, 1.807) is 12.1 Å². The van der Waals surface area contributed by atoms with Crippen LogP contribution in [-0.4, -0.2) is 30.0 Å². The molecule has 6 nitrogen and oxygen atoms in total. The average molecular weight is 405 g/mol. The van der Waals surface area contributed by atoms with Gasteiger partial charge in [-0.2, -0.15) is 23.0 Å². The Balaban J connectivity index is 1.89. The first-order valence-corrected chi connectivity index (χ1v) is 8.49. The second kappa shape index (κ2) is 6.75. The van der Waals surface area contributed by atoms with Gasteiger partial charge in [0.25, 0.3) is 0 Å². The molecule has 0 unspecified atom stereocenters. The summed E-state index contributed by atoms with van der Waals surface area (Å²) in [5.41, 5.74) is 0.561. The number of hydrogen-bond acceptors (Lipinski definition) is 4. The molecule has 0 saturated heterocycles. The van der Waals surface area contributed by atoms with Gasteiger partial charge in [-0.25, -0.2) is 4.68 Å². The Hall–Kier alpha value is -3.20. The molecule has 0 fully saturated rings. The third-order valence-electron chi connectivity index (χ3n) is 4.10. The first-order valence-electron chi connectivity index (χ1n) is 8.11. The Labute approximate surface area is 162 Å². The van der Waals surface area contributed by atoms with E-state index in [0.29, 0.717) is 10.7 Å². The summed E-state index contributed by atoms with van der Waals surface area (Å²) in [6.07, 6.45) is -3.58. The highest BCUT2D eigenvalue weighted by molar-refractivity contribution is 6.30. The molecule has 2 aromatic carbocycles. The largest absolute Gasteiger partial charge is 0.434 e. The van der Waals surface area contributed by atoms with E-state index in [-0.39, 0.29) is 17.1 Å². The van der Waals surface area contributed by atoms with E-state index < -0.39 is 11.9 Å². The molecule has 0 atom stereocenters. The lowest BCUT2D eigenvalue weighted by Gasteiger charge is -2.13. The molecule has 0 amide bonds. The zero-order valence-electron chi connectivity index (χ0n) is 14.4. The second-order valence-corrected chi connectivity index (χ2v) is 6.48. The van der Waals surface area contributed by atoms with Gasteiger partial charge in [0.1, 0.15) is 0 Å². The Morgan fingerprint density at radius 2 is 1.50 bits per heavy atom. The molecule has 0 aliphatic carbocycles. The maximum absolute atomic E-state index is 13.9. The van der Waals surface area contributed by atoms with E-state index in [2.05, 4.69) is 20.6 Å². The van der Waals surface area contributed by atoms with Crippen molar-refractivity contribution in [3.8, 4) is 22.8 Å². The lowest BCUT2D eigenvalue weighted by Crippen LogP contribution is -2.15. The number of hydrogen-bond donors (Lipinski definition) is 0. The molecule has 2 aromatic heterocycles. The van der Waals surface area contributed by atoms with Crippen LogP contribution in [0.4, 0.5) is 13.2 Å². The van der Waals surface area contributed by atoms with Gasteiger partial charge < -0.3 is 0 Å². The molecule has 142 valence electrons. The fourth-order valence-electron chi connectivity index (χ4n) is 2.78. The SMILES string of the molecule is Cc1ccc(-n2nnnc2-c2cnn(-c3ccc(Cl)cc3)c2C(F)(F)F)cc1. The number of alkyl halides is 3. The molecule has 4 aromatic rings. The molecule has 0 aliphatic rings. The molecule has 10 heteroatoms. The van der Waals surface area contributed by atoms with Crippen LogP contribution in [-0.2, 0) is 6.18 Å². The molecule has 0 aliphatic heterocycles. The minimum Gasteiger partial charge on any atom is -0.228 e. The molecule has 2 heterocycles. The van der Waals surface area contributed by atoms with Gasteiger partial charge in [0.15, 0.2) is 11.5 Å². The van der Waals surface area contributed by atoms with Crippen LogP contribution >= 0.6 is 11.6 Å². The summed E-state index contributed by atoms with van der Waals surface area (Å²) in [7, 11) is 0. The van der Waals surface area contributed by atoms with Crippen molar-refractivity contribution in [2.75, 3.05) is 0 Å². The zero-order valence-corrected chi connectivity index (χ0v) is 15.1. The summed E-state index contributed by atoms with van der Waals surface area (Å²) in [5, 5.41) is 15.5. The molecule has 0 spiro atoms. The number of halogens is 4. The first-order chi connectivity index (χ1) is 13.3. The topological polar surface area (TPSA) is 61.4 Å². The van der Waals surface area contributed by atoms with Gasteiger partial charge in [-0.1, -0.05) is 29.3 Å². The molecular formula is C18H12ClF3N6. The molecule has 4 rings (SSSR count). The fraction of sp³-hybridized carbons (Fsp3) is 0.111. The van der Waals surface area contributed by atoms with Gasteiger partial charge in [0, 0.05) is 5.02 Å². The summed E-state index contributed by atoms with van der Waals surface area (Å²) in [6.45, 7) is 1.90. The highest BCUT2D eigenvalue weighted by atomic mass is 35.5. The predicted octanol–water partition coefficient (Wildman–Crippen LogP) is 4.50. The minimum absolute atomic E-state index is 0.0589. The van der Waals surface area contributed by atoms with E-state index in [1.165, 1.54) is 28.9 Å².